The summed E-state index contributed by atoms with van der Waals surface area (Å²) in [4.78, 5) is 3.22. The third-order valence-electron chi connectivity index (χ3n) is 3.62. The molecule has 0 aliphatic carbocycles. The molecule has 102 valence electrons. The highest BCUT2D eigenvalue weighted by Crippen LogP contribution is 2.32. The van der Waals surface area contributed by atoms with Crippen LogP contribution in [0.2, 0.25) is 0 Å². The molecular weight excluding hydrogens is 272 g/mol. The Morgan fingerprint density at radius 1 is 1.50 bits per heavy atom. The van der Waals surface area contributed by atoms with Gasteiger partial charge in [-0.3, -0.25) is 0 Å². The Kier molecular flexibility index (Phi) is 4.04. The summed E-state index contributed by atoms with van der Waals surface area (Å²) in [6.45, 7) is 4.01. The lowest BCUT2D eigenvalue weighted by Gasteiger charge is -2.26. The van der Waals surface area contributed by atoms with Crippen molar-refractivity contribution in [2.45, 2.75) is 56.0 Å². The van der Waals surface area contributed by atoms with Crippen LogP contribution in [0.15, 0.2) is 17.2 Å². The van der Waals surface area contributed by atoms with E-state index in [-0.39, 0.29) is 12.1 Å². The van der Waals surface area contributed by atoms with E-state index in [1.807, 2.05) is 13.8 Å². The number of rotatable bonds is 4. The van der Waals surface area contributed by atoms with Gasteiger partial charge in [0.15, 0.2) is 0 Å². The maximum Gasteiger partial charge on any atom is 0.245 e. The van der Waals surface area contributed by atoms with Crippen molar-refractivity contribution in [2.24, 2.45) is 0 Å². The van der Waals surface area contributed by atoms with Gasteiger partial charge in [0.25, 0.3) is 0 Å². The minimum Gasteiger partial charge on any atom is -0.363 e. The predicted molar refractivity (Wildman–Crippen MR) is 72.1 cm³/mol. The van der Waals surface area contributed by atoms with E-state index in [0.29, 0.717) is 10.8 Å². The second-order valence-electron chi connectivity index (χ2n) is 4.82. The van der Waals surface area contributed by atoms with E-state index in [4.69, 9.17) is 11.6 Å². The first kappa shape index (κ1) is 13.9. The molecule has 1 aromatic heterocycles. The average molecular weight is 291 g/mol. The zero-order valence-corrected chi connectivity index (χ0v) is 12.3. The summed E-state index contributed by atoms with van der Waals surface area (Å²) in [6.07, 6.45) is 4.27. The van der Waals surface area contributed by atoms with Crippen LogP contribution in [0, 0.1) is 0 Å². The van der Waals surface area contributed by atoms with Gasteiger partial charge in [0.05, 0.1) is 10.8 Å². The van der Waals surface area contributed by atoms with E-state index in [0.717, 1.165) is 25.0 Å². The number of sulfonamides is 1. The van der Waals surface area contributed by atoms with Crippen molar-refractivity contribution in [3.8, 4) is 0 Å². The highest BCUT2D eigenvalue weighted by atomic mass is 35.5. The molecule has 6 heteroatoms. The lowest BCUT2D eigenvalue weighted by molar-refractivity contribution is 0.329. The molecule has 1 aliphatic rings. The molecule has 0 radical (unpaired) electrons. The molecule has 2 unspecified atom stereocenters. The van der Waals surface area contributed by atoms with Gasteiger partial charge in [-0.2, -0.15) is 4.31 Å². The van der Waals surface area contributed by atoms with E-state index in [9.17, 15) is 8.42 Å². The van der Waals surface area contributed by atoms with Gasteiger partial charge >= 0.3 is 0 Å². The van der Waals surface area contributed by atoms with Crippen LogP contribution in [0.1, 0.15) is 38.8 Å². The van der Waals surface area contributed by atoms with Crippen LogP contribution in [0.5, 0.6) is 0 Å². The van der Waals surface area contributed by atoms with Crippen molar-refractivity contribution in [3.05, 3.63) is 18.0 Å². The lowest BCUT2D eigenvalue weighted by atomic mass is 10.2. The van der Waals surface area contributed by atoms with Crippen LogP contribution in [0.4, 0.5) is 0 Å². The first-order valence-electron chi connectivity index (χ1n) is 6.27. The summed E-state index contributed by atoms with van der Waals surface area (Å²) in [5.74, 6) is 0.294. The Hall–Kier alpha value is -0.520. The van der Waals surface area contributed by atoms with E-state index in [2.05, 4.69) is 4.98 Å². The van der Waals surface area contributed by atoms with Crippen LogP contribution in [-0.2, 0) is 15.9 Å². The molecule has 1 saturated heterocycles. The van der Waals surface area contributed by atoms with Crippen LogP contribution in [0.25, 0.3) is 0 Å². The summed E-state index contributed by atoms with van der Waals surface area (Å²) < 4.78 is 26.9. The van der Waals surface area contributed by atoms with Gasteiger partial charge in [0.2, 0.25) is 10.0 Å². The SMILES string of the molecule is CCC1CCC(C)N1S(=O)(=O)c1c[nH]c(CCl)c1. The normalized spacial score (nSPS) is 25.7. The number of hydrogen-bond acceptors (Lipinski definition) is 2. The Morgan fingerprint density at radius 3 is 2.78 bits per heavy atom. The predicted octanol–water partition coefficient (Wildman–Crippen LogP) is 2.71. The fraction of sp³-hybridized carbons (Fsp3) is 0.667. The number of aromatic amines is 1. The molecule has 1 N–H and O–H groups in total. The number of halogens is 1. The Bertz CT molecular complexity index is 512. The second-order valence-corrected chi connectivity index (χ2v) is 6.93. The van der Waals surface area contributed by atoms with Crippen molar-refractivity contribution >= 4 is 21.6 Å². The Labute approximate surface area is 113 Å². The molecule has 0 amide bonds. The van der Waals surface area contributed by atoms with E-state index >= 15 is 0 Å². The van der Waals surface area contributed by atoms with Gasteiger partial charge in [-0.05, 0) is 32.3 Å². The topological polar surface area (TPSA) is 53.2 Å². The number of alkyl halides is 1. The van der Waals surface area contributed by atoms with Crippen LogP contribution >= 0.6 is 11.6 Å². The number of nitrogens with one attached hydrogen (secondary N) is 1. The summed E-state index contributed by atoms with van der Waals surface area (Å²) in [5.41, 5.74) is 0.732. The van der Waals surface area contributed by atoms with Crippen LogP contribution in [-0.4, -0.2) is 29.8 Å². The minimum absolute atomic E-state index is 0.0781. The summed E-state index contributed by atoms with van der Waals surface area (Å²) in [7, 11) is -3.39. The summed E-state index contributed by atoms with van der Waals surface area (Å²) in [6, 6.07) is 1.83. The molecule has 2 rings (SSSR count). The fourth-order valence-electron chi connectivity index (χ4n) is 2.63. The first-order chi connectivity index (χ1) is 8.50. The first-order valence-corrected chi connectivity index (χ1v) is 8.25. The average Bonchev–Trinajstić information content (AvgIpc) is 2.95. The molecule has 0 bridgehead atoms. The maximum atomic E-state index is 12.6. The van der Waals surface area contributed by atoms with Gasteiger partial charge in [0, 0.05) is 24.0 Å². The van der Waals surface area contributed by atoms with Gasteiger partial charge in [-0.15, -0.1) is 11.6 Å². The molecule has 4 nitrogen and oxygen atoms in total. The van der Waals surface area contributed by atoms with Crippen molar-refractivity contribution in [1.29, 1.82) is 0 Å². The fourth-order valence-corrected chi connectivity index (χ4v) is 4.75. The maximum absolute atomic E-state index is 12.6. The van der Waals surface area contributed by atoms with E-state index < -0.39 is 10.0 Å². The van der Waals surface area contributed by atoms with Crippen LogP contribution < -0.4 is 0 Å². The standard InChI is InChI=1S/C12H19ClN2O2S/c1-3-11-5-4-9(2)15(11)18(16,17)12-6-10(7-13)14-8-12/h6,8-9,11,14H,3-5,7H2,1-2H3. The molecule has 1 aliphatic heterocycles. The monoisotopic (exact) mass is 290 g/mol. The van der Waals surface area contributed by atoms with Gasteiger partial charge in [-0.1, -0.05) is 6.92 Å². The summed E-state index contributed by atoms with van der Waals surface area (Å²) >= 11 is 5.69. The molecule has 1 fully saturated rings. The van der Waals surface area contributed by atoms with Gasteiger partial charge in [-0.25, -0.2) is 8.42 Å². The van der Waals surface area contributed by atoms with Crippen molar-refractivity contribution in [3.63, 3.8) is 0 Å². The number of aromatic nitrogens is 1. The molecule has 1 aromatic rings. The molecular formula is C12H19ClN2O2S. The quantitative estimate of drug-likeness (QED) is 0.867. The van der Waals surface area contributed by atoms with Crippen molar-refractivity contribution in [2.75, 3.05) is 0 Å². The molecule has 0 saturated carbocycles. The third-order valence-corrected chi connectivity index (χ3v) is 5.95. The molecule has 2 heterocycles. The second kappa shape index (κ2) is 5.23. The largest absolute Gasteiger partial charge is 0.363 e. The number of nitrogens with zero attached hydrogens (tertiary/aromatic N) is 1. The lowest BCUT2D eigenvalue weighted by Crippen LogP contribution is -2.39. The van der Waals surface area contributed by atoms with E-state index in [1.54, 1.807) is 10.4 Å². The zero-order chi connectivity index (χ0) is 13.3. The molecule has 0 aromatic carbocycles. The molecule has 18 heavy (non-hydrogen) atoms. The smallest absolute Gasteiger partial charge is 0.245 e. The van der Waals surface area contributed by atoms with Crippen LogP contribution in [0.3, 0.4) is 0 Å². The Balaban J connectivity index is 2.35. The van der Waals surface area contributed by atoms with Crippen molar-refractivity contribution in [1.82, 2.24) is 9.29 Å². The minimum atomic E-state index is -3.39. The number of H-pyrrole nitrogens is 1. The third kappa shape index (κ3) is 2.31. The summed E-state index contributed by atoms with van der Waals surface area (Å²) in [5, 5.41) is 0. The van der Waals surface area contributed by atoms with Gasteiger partial charge < -0.3 is 4.98 Å². The van der Waals surface area contributed by atoms with E-state index in [1.165, 1.54) is 6.20 Å². The zero-order valence-electron chi connectivity index (χ0n) is 10.7. The molecule has 0 spiro atoms. The van der Waals surface area contributed by atoms with Crippen molar-refractivity contribution < 1.29 is 8.42 Å². The number of hydrogen-bond donors (Lipinski definition) is 1. The highest BCUT2D eigenvalue weighted by molar-refractivity contribution is 7.89. The van der Waals surface area contributed by atoms with Gasteiger partial charge in [0.1, 0.15) is 0 Å². The highest BCUT2D eigenvalue weighted by Gasteiger charge is 2.39. The molecule has 2 atom stereocenters. The Morgan fingerprint density at radius 2 is 2.22 bits per heavy atom.